The molecule has 0 aliphatic carbocycles. The average Bonchev–Trinajstić information content (AvgIpc) is 2.46. The van der Waals surface area contributed by atoms with Crippen molar-refractivity contribution in [2.24, 2.45) is 0 Å². The highest BCUT2D eigenvalue weighted by atomic mass is 14.9. The molecule has 1 aromatic carbocycles. The number of nitrogens with zero attached hydrogens (tertiary/aromatic N) is 1. The van der Waals surface area contributed by atoms with Gasteiger partial charge in [-0.2, -0.15) is 0 Å². The molecule has 2 aromatic rings. The van der Waals surface area contributed by atoms with Crippen LogP contribution in [0.4, 0.5) is 0 Å². The summed E-state index contributed by atoms with van der Waals surface area (Å²) in [6, 6.07) is 13.4. The van der Waals surface area contributed by atoms with E-state index < -0.39 is 0 Å². The van der Waals surface area contributed by atoms with Crippen molar-refractivity contribution in [3.8, 4) is 0 Å². The Bertz CT molecular complexity index is 494. The highest BCUT2D eigenvalue weighted by molar-refractivity contribution is 5.30. The molecule has 0 aliphatic heterocycles. The van der Waals surface area contributed by atoms with Crippen LogP contribution in [0, 0.1) is 0 Å². The standard InChI is InChI=1S/C17H22N2/c1-3-9-19-14(2)17-6-4-5-16(13-17)12-15-7-10-18-11-8-15/h4-8,10-11,13-14,19H,3,9,12H2,1-2H3. The number of benzene rings is 1. The van der Waals surface area contributed by atoms with Gasteiger partial charge in [0.25, 0.3) is 0 Å². The maximum atomic E-state index is 4.06. The zero-order valence-corrected chi connectivity index (χ0v) is 11.8. The second-order valence-electron chi connectivity index (χ2n) is 4.95. The van der Waals surface area contributed by atoms with Crippen LogP contribution in [-0.2, 0) is 6.42 Å². The molecule has 0 bridgehead atoms. The van der Waals surface area contributed by atoms with E-state index in [9.17, 15) is 0 Å². The van der Waals surface area contributed by atoms with E-state index in [1.165, 1.54) is 23.1 Å². The lowest BCUT2D eigenvalue weighted by Gasteiger charge is -2.14. The Balaban J connectivity index is 2.06. The maximum absolute atomic E-state index is 4.06. The Hall–Kier alpha value is -1.67. The molecule has 1 atom stereocenters. The molecule has 1 heterocycles. The monoisotopic (exact) mass is 254 g/mol. The van der Waals surface area contributed by atoms with Gasteiger partial charge in [-0.15, -0.1) is 0 Å². The third-order valence-corrected chi connectivity index (χ3v) is 3.31. The van der Waals surface area contributed by atoms with Crippen LogP contribution in [0.5, 0.6) is 0 Å². The Morgan fingerprint density at radius 1 is 1.11 bits per heavy atom. The van der Waals surface area contributed by atoms with Crippen LogP contribution >= 0.6 is 0 Å². The second-order valence-corrected chi connectivity index (χ2v) is 4.95. The molecule has 0 amide bonds. The van der Waals surface area contributed by atoms with Gasteiger partial charge in [-0.3, -0.25) is 4.98 Å². The molecule has 0 saturated heterocycles. The fourth-order valence-electron chi connectivity index (χ4n) is 2.19. The summed E-state index contributed by atoms with van der Waals surface area (Å²) in [5, 5.41) is 3.53. The minimum atomic E-state index is 0.414. The predicted octanol–water partition coefficient (Wildman–Crippen LogP) is 3.73. The highest BCUT2D eigenvalue weighted by Gasteiger charge is 2.05. The summed E-state index contributed by atoms with van der Waals surface area (Å²) in [6.07, 6.45) is 5.84. The Kier molecular flexibility index (Phi) is 5.10. The summed E-state index contributed by atoms with van der Waals surface area (Å²) in [5.41, 5.74) is 4.02. The van der Waals surface area contributed by atoms with Crippen molar-refractivity contribution < 1.29 is 0 Å². The minimum Gasteiger partial charge on any atom is -0.310 e. The van der Waals surface area contributed by atoms with E-state index in [-0.39, 0.29) is 0 Å². The summed E-state index contributed by atoms with van der Waals surface area (Å²) >= 11 is 0. The lowest BCUT2D eigenvalue weighted by atomic mass is 10.0. The van der Waals surface area contributed by atoms with Gasteiger partial charge in [-0.25, -0.2) is 0 Å². The zero-order chi connectivity index (χ0) is 13.5. The van der Waals surface area contributed by atoms with Crippen molar-refractivity contribution in [2.75, 3.05) is 6.54 Å². The molecular weight excluding hydrogens is 232 g/mol. The topological polar surface area (TPSA) is 24.9 Å². The molecular formula is C17H22N2. The van der Waals surface area contributed by atoms with Crippen LogP contribution in [0.15, 0.2) is 48.8 Å². The van der Waals surface area contributed by atoms with Crippen molar-refractivity contribution in [3.05, 3.63) is 65.5 Å². The van der Waals surface area contributed by atoms with Crippen molar-refractivity contribution >= 4 is 0 Å². The molecule has 19 heavy (non-hydrogen) atoms. The lowest BCUT2D eigenvalue weighted by molar-refractivity contribution is 0.570. The van der Waals surface area contributed by atoms with Crippen LogP contribution in [0.25, 0.3) is 0 Å². The molecule has 1 N–H and O–H groups in total. The van der Waals surface area contributed by atoms with Crippen LogP contribution in [0.2, 0.25) is 0 Å². The fourth-order valence-corrected chi connectivity index (χ4v) is 2.19. The zero-order valence-electron chi connectivity index (χ0n) is 11.8. The largest absolute Gasteiger partial charge is 0.310 e. The third-order valence-electron chi connectivity index (χ3n) is 3.31. The van der Waals surface area contributed by atoms with E-state index in [2.05, 4.69) is 60.5 Å². The van der Waals surface area contributed by atoms with Crippen molar-refractivity contribution in [3.63, 3.8) is 0 Å². The van der Waals surface area contributed by atoms with Gasteiger partial charge in [0.05, 0.1) is 0 Å². The smallest absolute Gasteiger partial charge is 0.0291 e. The van der Waals surface area contributed by atoms with Crippen molar-refractivity contribution in [1.29, 1.82) is 0 Å². The van der Waals surface area contributed by atoms with E-state index in [4.69, 9.17) is 0 Å². The molecule has 2 rings (SSSR count). The summed E-state index contributed by atoms with van der Waals surface area (Å²) in [7, 11) is 0. The molecule has 2 nitrogen and oxygen atoms in total. The average molecular weight is 254 g/mol. The van der Waals surface area contributed by atoms with Crippen LogP contribution < -0.4 is 5.32 Å². The predicted molar refractivity (Wildman–Crippen MR) is 80.2 cm³/mol. The number of hydrogen-bond acceptors (Lipinski definition) is 2. The first-order valence-electron chi connectivity index (χ1n) is 7.00. The van der Waals surface area contributed by atoms with Crippen LogP contribution in [0.1, 0.15) is 43.0 Å². The minimum absolute atomic E-state index is 0.414. The molecule has 0 saturated carbocycles. The van der Waals surface area contributed by atoms with Gasteiger partial charge < -0.3 is 5.32 Å². The third kappa shape index (κ3) is 4.18. The fraction of sp³-hybridized carbons (Fsp3) is 0.353. The molecule has 100 valence electrons. The van der Waals surface area contributed by atoms with Gasteiger partial charge in [0, 0.05) is 18.4 Å². The number of pyridine rings is 1. The SMILES string of the molecule is CCCNC(C)c1cccc(Cc2ccncc2)c1. The molecule has 1 unspecified atom stereocenters. The normalized spacial score (nSPS) is 12.3. The number of nitrogens with one attached hydrogen (secondary N) is 1. The van der Waals surface area contributed by atoms with Gasteiger partial charge in [-0.05, 0) is 55.1 Å². The van der Waals surface area contributed by atoms with Crippen LogP contribution in [-0.4, -0.2) is 11.5 Å². The quantitative estimate of drug-likeness (QED) is 0.849. The molecule has 0 aliphatic rings. The number of hydrogen-bond donors (Lipinski definition) is 1. The Morgan fingerprint density at radius 2 is 1.89 bits per heavy atom. The molecule has 1 aromatic heterocycles. The molecule has 0 fully saturated rings. The summed E-state index contributed by atoms with van der Waals surface area (Å²) in [5.74, 6) is 0. The second kappa shape index (κ2) is 7.05. The van der Waals surface area contributed by atoms with Crippen molar-refractivity contribution in [1.82, 2.24) is 10.3 Å². The summed E-state index contributed by atoms with van der Waals surface area (Å²) in [6.45, 7) is 5.48. The van der Waals surface area contributed by atoms with Gasteiger partial charge >= 0.3 is 0 Å². The maximum Gasteiger partial charge on any atom is 0.0291 e. The summed E-state index contributed by atoms with van der Waals surface area (Å²) < 4.78 is 0. The van der Waals surface area contributed by atoms with Gasteiger partial charge in [0.1, 0.15) is 0 Å². The van der Waals surface area contributed by atoms with E-state index in [1.54, 1.807) is 0 Å². The van der Waals surface area contributed by atoms with Gasteiger partial charge in [0.2, 0.25) is 0 Å². The van der Waals surface area contributed by atoms with E-state index in [0.29, 0.717) is 6.04 Å². The number of rotatable bonds is 6. The van der Waals surface area contributed by atoms with Crippen molar-refractivity contribution in [2.45, 2.75) is 32.7 Å². The molecule has 2 heteroatoms. The first-order valence-corrected chi connectivity index (χ1v) is 7.00. The molecule has 0 radical (unpaired) electrons. The summed E-state index contributed by atoms with van der Waals surface area (Å²) in [4.78, 5) is 4.06. The lowest BCUT2D eigenvalue weighted by Crippen LogP contribution is -2.19. The van der Waals surface area contributed by atoms with E-state index in [1.807, 2.05) is 12.4 Å². The van der Waals surface area contributed by atoms with Gasteiger partial charge in [0.15, 0.2) is 0 Å². The number of aromatic nitrogens is 1. The first-order chi connectivity index (χ1) is 9.29. The Labute approximate surface area is 115 Å². The van der Waals surface area contributed by atoms with E-state index >= 15 is 0 Å². The van der Waals surface area contributed by atoms with Crippen LogP contribution in [0.3, 0.4) is 0 Å². The van der Waals surface area contributed by atoms with Gasteiger partial charge in [-0.1, -0.05) is 31.2 Å². The first kappa shape index (κ1) is 13.8. The molecule has 0 spiro atoms. The Morgan fingerprint density at radius 3 is 2.63 bits per heavy atom. The highest BCUT2D eigenvalue weighted by Crippen LogP contribution is 2.16. The van der Waals surface area contributed by atoms with E-state index in [0.717, 1.165) is 13.0 Å².